The van der Waals surface area contributed by atoms with Gasteiger partial charge in [-0.05, 0) is 20.8 Å². The van der Waals surface area contributed by atoms with E-state index in [2.05, 4.69) is 11.1 Å². The summed E-state index contributed by atoms with van der Waals surface area (Å²) in [7, 11) is -3.77. The van der Waals surface area contributed by atoms with Gasteiger partial charge in [0.25, 0.3) is 0 Å². The zero-order valence-corrected chi connectivity index (χ0v) is 9.45. The fourth-order valence-electron chi connectivity index (χ4n) is 0.642. The largest absolute Gasteiger partial charge is 0.532 e. The van der Waals surface area contributed by atoms with Crippen LogP contribution in [0, 0.1) is 0 Å². The van der Waals surface area contributed by atoms with Crippen LogP contribution in [0.1, 0.15) is 20.8 Å². The van der Waals surface area contributed by atoms with Crippen LogP contribution in [0.25, 0.3) is 0 Å². The van der Waals surface area contributed by atoms with Gasteiger partial charge in [-0.1, -0.05) is 6.58 Å². The van der Waals surface area contributed by atoms with Crippen molar-refractivity contribution >= 4 is 13.8 Å². The molecule has 0 radical (unpaired) electrons. The first-order valence-corrected chi connectivity index (χ1v) is 5.68. The third kappa shape index (κ3) is 5.17. The summed E-state index contributed by atoms with van der Waals surface area (Å²) < 4.78 is 25.8. The SMILES string of the molecule is C=CC(=O)OP(=O)(OCC)OC(C)C. The predicted molar refractivity (Wildman–Crippen MR) is 51.7 cm³/mol. The Morgan fingerprint density at radius 3 is 2.50 bits per heavy atom. The van der Waals surface area contributed by atoms with Crippen molar-refractivity contribution in [2.45, 2.75) is 26.9 Å². The molecule has 0 spiro atoms. The molecule has 0 N–H and O–H groups in total. The second-order valence-corrected chi connectivity index (χ2v) is 4.18. The first-order valence-electron chi connectivity index (χ1n) is 4.22. The highest BCUT2D eigenvalue weighted by Crippen LogP contribution is 2.50. The number of phosphoric acid groups is 1. The highest BCUT2D eigenvalue weighted by molar-refractivity contribution is 7.49. The zero-order valence-electron chi connectivity index (χ0n) is 8.56. The molecule has 1 unspecified atom stereocenters. The van der Waals surface area contributed by atoms with Crippen molar-refractivity contribution in [1.82, 2.24) is 0 Å². The molecule has 14 heavy (non-hydrogen) atoms. The molecule has 82 valence electrons. The van der Waals surface area contributed by atoms with Gasteiger partial charge in [0.2, 0.25) is 0 Å². The van der Waals surface area contributed by atoms with Gasteiger partial charge in [0, 0.05) is 6.08 Å². The second-order valence-electron chi connectivity index (χ2n) is 2.63. The normalized spacial score (nSPS) is 14.9. The van der Waals surface area contributed by atoms with Crippen LogP contribution in [-0.2, 0) is 22.9 Å². The Balaban J connectivity index is 4.46. The second kappa shape index (κ2) is 5.96. The molecular weight excluding hydrogens is 207 g/mol. The first kappa shape index (κ1) is 13.4. The Bertz CT molecular complexity index is 248. The Morgan fingerprint density at radius 1 is 1.57 bits per heavy atom. The lowest BCUT2D eigenvalue weighted by molar-refractivity contribution is -0.131. The lowest BCUT2D eigenvalue weighted by atomic mass is 10.5. The Morgan fingerprint density at radius 2 is 2.14 bits per heavy atom. The maximum Gasteiger partial charge on any atom is 0.532 e. The molecule has 0 fully saturated rings. The van der Waals surface area contributed by atoms with E-state index in [0.29, 0.717) is 0 Å². The molecule has 0 aliphatic heterocycles. The molecule has 0 bridgehead atoms. The van der Waals surface area contributed by atoms with Crippen LogP contribution in [0.3, 0.4) is 0 Å². The van der Waals surface area contributed by atoms with Crippen molar-refractivity contribution in [2.75, 3.05) is 6.61 Å². The van der Waals surface area contributed by atoms with Gasteiger partial charge in [-0.25, -0.2) is 9.36 Å². The minimum atomic E-state index is -3.77. The number of carbonyl (C=O) groups excluding carboxylic acids is 1. The van der Waals surface area contributed by atoms with Crippen LogP contribution >= 0.6 is 7.82 Å². The maximum absolute atomic E-state index is 11.7. The van der Waals surface area contributed by atoms with E-state index in [4.69, 9.17) is 9.05 Å². The van der Waals surface area contributed by atoms with Gasteiger partial charge in [-0.3, -0.25) is 9.05 Å². The highest BCUT2D eigenvalue weighted by Gasteiger charge is 2.30. The van der Waals surface area contributed by atoms with E-state index in [1.54, 1.807) is 20.8 Å². The lowest BCUT2D eigenvalue weighted by Crippen LogP contribution is -2.08. The molecule has 0 aliphatic rings. The molecule has 6 heteroatoms. The summed E-state index contributed by atoms with van der Waals surface area (Å²) in [5.41, 5.74) is 0. The van der Waals surface area contributed by atoms with Crippen molar-refractivity contribution < 1.29 is 22.9 Å². The van der Waals surface area contributed by atoms with Crippen molar-refractivity contribution in [1.29, 1.82) is 0 Å². The van der Waals surface area contributed by atoms with Crippen molar-refractivity contribution in [2.24, 2.45) is 0 Å². The summed E-state index contributed by atoms with van der Waals surface area (Å²) in [6.07, 6.45) is 0.542. The fourth-order valence-corrected chi connectivity index (χ4v) is 1.93. The molecule has 0 saturated heterocycles. The Labute approximate surface area is 83.7 Å². The molecular formula is C8H15O5P. The van der Waals surface area contributed by atoms with Crippen LogP contribution < -0.4 is 0 Å². The van der Waals surface area contributed by atoms with Gasteiger partial charge < -0.3 is 4.52 Å². The molecule has 5 nitrogen and oxygen atoms in total. The van der Waals surface area contributed by atoms with E-state index in [-0.39, 0.29) is 12.7 Å². The summed E-state index contributed by atoms with van der Waals surface area (Å²) >= 11 is 0. The smallest absolute Gasteiger partial charge is 0.367 e. The topological polar surface area (TPSA) is 61.8 Å². The molecule has 0 aromatic carbocycles. The van der Waals surface area contributed by atoms with E-state index in [9.17, 15) is 9.36 Å². The molecule has 0 heterocycles. The van der Waals surface area contributed by atoms with E-state index in [0.717, 1.165) is 6.08 Å². The number of rotatable bonds is 6. The molecule has 0 aliphatic carbocycles. The number of hydrogen-bond acceptors (Lipinski definition) is 5. The molecule has 0 amide bonds. The standard InChI is InChI=1S/C8H15O5P/c1-5-8(9)13-14(10,11-6-2)12-7(3)4/h5,7H,1,6H2,2-4H3. The maximum atomic E-state index is 11.7. The molecule has 0 aromatic rings. The molecule has 0 rings (SSSR count). The van der Waals surface area contributed by atoms with Crippen molar-refractivity contribution in [3.63, 3.8) is 0 Å². The van der Waals surface area contributed by atoms with Gasteiger partial charge >= 0.3 is 13.8 Å². The van der Waals surface area contributed by atoms with E-state index in [1.165, 1.54) is 0 Å². The Hall–Kier alpha value is -0.640. The van der Waals surface area contributed by atoms with Crippen LogP contribution in [0.2, 0.25) is 0 Å². The van der Waals surface area contributed by atoms with Crippen molar-refractivity contribution in [3.05, 3.63) is 12.7 Å². The monoisotopic (exact) mass is 222 g/mol. The third-order valence-corrected chi connectivity index (χ3v) is 2.65. The van der Waals surface area contributed by atoms with Crippen LogP contribution in [0.15, 0.2) is 12.7 Å². The van der Waals surface area contributed by atoms with Crippen LogP contribution in [-0.4, -0.2) is 18.7 Å². The van der Waals surface area contributed by atoms with Crippen LogP contribution in [0.4, 0.5) is 0 Å². The molecule has 1 atom stereocenters. The van der Waals surface area contributed by atoms with E-state index < -0.39 is 13.8 Å². The summed E-state index contributed by atoms with van der Waals surface area (Å²) in [6.45, 7) is 8.25. The quantitative estimate of drug-likeness (QED) is 0.509. The first-order chi connectivity index (χ1) is 6.43. The van der Waals surface area contributed by atoms with Gasteiger partial charge in [0.15, 0.2) is 0 Å². The third-order valence-electron chi connectivity index (χ3n) is 0.996. The zero-order chi connectivity index (χ0) is 11.2. The van der Waals surface area contributed by atoms with Gasteiger partial charge in [0.05, 0.1) is 12.7 Å². The van der Waals surface area contributed by atoms with Gasteiger partial charge in [0.1, 0.15) is 0 Å². The van der Waals surface area contributed by atoms with Crippen molar-refractivity contribution in [3.8, 4) is 0 Å². The number of carbonyl (C=O) groups is 1. The highest BCUT2D eigenvalue weighted by atomic mass is 31.2. The lowest BCUT2D eigenvalue weighted by Gasteiger charge is -2.17. The van der Waals surface area contributed by atoms with Gasteiger partial charge in [-0.2, -0.15) is 0 Å². The molecule has 0 aromatic heterocycles. The van der Waals surface area contributed by atoms with E-state index in [1.807, 2.05) is 0 Å². The summed E-state index contributed by atoms with van der Waals surface area (Å²) in [4.78, 5) is 10.8. The average molecular weight is 222 g/mol. The number of hydrogen-bond donors (Lipinski definition) is 0. The van der Waals surface area contributed by atoms with Crippen LogP contribution in [0.5, 0.6) is 0 Å². The number of phosphoric ester groups is 1. The van der Waals surface area contributed by atoms with Gasteiger partial charge in [-0.15, -0.1) is 0 Å². The Kier molecular flexibility index (Phi) is 5.69. The minimum absolute atomic E-state index is 0.133. The summed E-state index contributed by atoms with van der Waals surface area (Å²) in [6, 6.07) is 0. The summed E-state index contributed by atoms with van der Waals surface area (Å²) in [5, 5.41) is 0. The fraction of sp³-hybridized carbons (Fsp3) is 0.625. The summed E-state index contributed by atoms with van der Waals surface area (Å²) in [5.74, 6) is -0.831. The average Bonchev–Trinajstić information content (AvgIpc) is 2.02. The molecule has 0 saturated carbocycles. The van der Waals surface area contributed by atoms with E-state index >= 15 is 0 Å². The predicted octanol–water partition coefficient (Wildman–Crippen LogP) is 2.29. The minimum Gasteiger partial charge on any atom is -0.367 e.